The summed E-state index contributed by atoms with van der Waals surface area (Å²) < 4.78 is 1.96. The Hall–Kier alpha value is -3.38. The van der Waals surface area contributed by atoms with E-state index in [0.717, 1.165) is 22.1 Å². The standard InChI is InChI=1S/C25H24N4OS/c1-29-22(17-19-11-5-2-6-12-19)27-28-25(29)31-18-23(30)26-24(20-13-7-3-8-14-20)21-15-9-4-10-16-21/h2-16,24H,17-18H2,1H3,(H,26,30). The van der Waals surface area contributed by atoms with E-state index in [9.17, 15) is 4.79 Å². The second-order valence-corrected chi connectivity index (χ2v) is 8.17. The molecule has 0 unspecified atom stereocenters. The molecule has 6 heteroatoms. The maximum atomic E-state index is 12.8. The topological polar surface area (TPSA) is 59.8 Å². The molecule has 0 aliphatic heterocycles. The number of hydrogen-bond acceptors (Lipinski definition) is 4. The van der Waals surface area contributed by atoms with Crippen LogP contribution in [0.15, 0.2) is 96.2 Å². The fraction of sp³-hybridized carbons (Fsp3) is 0.160. The average Bonchev–Trinajstić information content (AvgIpc) is 3.17. The number of hydrogen-bond donors (Lipinski definition) is 1. The zero-order chi connectivity index (χ0) is 21.5. The van der Waals surface area contributed by atoms with Gasteiger partial charge in [-0.15, -0.1) is 10.2 Å². The second kappa shape index (κ2) is 10.1. The van der Waals surface area contributed by atoms with E-state index in [4.69, 9.17) is 0 Å². The number of carbonyl (C=O) groups excluding carboxylic acids is 1. The first-order valence-corrected chi connectivity index (χ1v) is 11.1. The second-order valence-electron chi connectivity index (χ2n) is 7.23. The molecule has 0 bridgehead atoms. The van der Waals surface area contributed by atoms with Crippen LogP contribution in [0.1, 0.15) is 28.6 Å². The van der Waals surface area contributed by atoms with Gasteiger partial charge < -0.3 is 9.88 Å². The Bertz CT molecular complexity index is 1070. The average molecular weight is 429 g/mol. The highest BCUT2D eigenvalue weighted by Gasteiger charge is 2.18. The van der Waals surface area contributed by atoms with Gasteiger partial charge in [0.2, 0.25) is 5.91 Å². The molecule has 1 heterocycles. The van der Waals surface area contributed by atoms with Crippen molar-refractivity contribution >= 4 is 17.7 Å². The summed E-state index contributed by atoms with van der Waals surface area (Å²) in [6.07, 6.45) is 0.710. The molecule has 0 fully saturated rings. The minimum atomic E-state index is -0.191. The Morgan fingerprint density at radius 3 is 2.00 bits per heavy atom. The van der Waals surface area contributed by atoms with Crippen LogP contribution in [0.5, 0.6) is 0 Å². The normalized spacial score (nSPS) is 10.9. The summed E-state index contributed by atoms with van der Waals surface area (Å²) in [6, 6.07) is 30.0. The van der Waals surface area contributed by atoms with Gasteiger partial charge in [0, 0.05) is 13.5 Å². The quantitative estimate of drug-likeness (QED) is 0.423. The lowest BCUT2D eigenvalue weighted by Crippen LogP contribution is -2.30. The largest absolute Gasteiger partial charge is 0.344 e. The zero-order valence-corrected chi connectivity index (χ0v) is 18.1. The van der Waals surface area contributed by atoms with E-state index in [1.54, 1.807) is 0 Å². The van der Waals surface area contributed by atoms with Crippen molar-refractivity contribution in [1.82, 2.24) is 20.1 Å². The SMILES string of the molecule is Cn1c(Cc2ccccc2)nnc1SCC(=O)NC(c1ccccc1)c1ccccc1. The molecule has 31 heavy (non-hydrogen) atoms. The molecule has 5 nitrogen and oxygen atoms in total. The van der Waals surface area contributed by atoms with Crippen molar-refractivity contribution in [1.29, 1.82) is 0 Å². The third-order valence-corrected chi connectivity index (χ3v) is 6.05. The lowest BCUT2D eigenvalue weighted by Gasteiger charge is -2.19. The van der Waals surface area contributed by atoms with Gasteiger partial charge in [-0.2, -0.15) is 0 Å². The predicted octanol–water partition coefficient (Wildman–Crippen LogP) is 4.40. The molecule has 0 aliphatic rings. The van der Waals surface area contributed by atoms with E-state index in [-0.39, 0.29) is 17.7 Å². The maximum Gasteiger partial charge on any atom is 0.231 e. The Labute approximate surface area is 186 Å². The zero-order valence-electron chi connectivity index (χ0n) is 17.3. The van der Waals surface area contributed by atoms with Crippen molar-refractivity contribution in [2.24, 2.45) is 7.05 Å². The van der Waals surface area contributed by atoms with Crippen molar-refractivity contribution in [3.05, 3.63) is 114 Å². The Morgan fingerprint density at radius 2 is 1.42 bits per heavy atom. The number of nitrogens with zero attached hydrogens (tertiary/aromatic N) is 3. The molecular weight excluding hydrogens is 404 g/mol. The summed E-state index contributed by atoms with van der Waals surface area (Å²) in [4.78, 5) is 12.8. The van der Waals surface area contributed by atoms with Gasteiger partial charge in [0.1, 0.15) is 5.82 Å². The summed E-state index contributed by atoms with van der Waals surface area (Å²) in [5.74, 6) is 1.10. The van der Waals surface area contributed by atoms with E-state index >= 15 is 0 Å². The van der Waals surface area contributed by atoms with Gasteiger partial charge in [0.25, 0.3) is 0 Å². The molecule has 0 saturated carbocycles. The Kier molecular flexibility index (Phi) is 6.79. The van der Waals surface area contributed by atoms with Crippen LogP contribution in [0.3, 0.4) is 0 Å². The highest BCUT2D eigenvalue weighted by molar-refractivity contribution is 7.99. The fourth-order valence-corrected chi connectivity index (χ4v) is 4.13. The minimum Gasteiger partial charge on any atom is -0.344 e. The number of aromatic nitrogens is 3. The van der Waals surface area contributed by atoms with Crippen molar-refractivity contribution in [3.8, 4) is 0 Å². The number of carbonyl (C=O) groups is 1. The first-order valence-electron chi connectivity index (χ1n) is 10.1. The van der Waals surface area contributed by atoms with Crippen LogP contribution >= 0.6 is 11.8 Å². The van der Waals surface area contributed by atoms with Crippen LogP contribution < -0.4 is 5.32 Å². The number of benzene rings is 3. The van der Waals surface area contributed by atoms with Gasteiger partial charge in [0.15, 0.2) is 5.16 Å². The molecule has 0 spiro atoms. The summed E-state index contributed by atoms with van der Waals surface area (Å²) in [6.45, 7) is 0. The smallest absolute Gasteiger partial charge is 0.231 e. The first kappa shape index (κ1) is 20.9. The van der Waals surface area contributed by atoms with Crippen molar-refractivity contribution < 1.29 is 4.79 Å². The summed E-state index contributed by atoms with van der Waals surface area (Å²) in [5.41, 5.74) is 3.28. The number of rotatable bonds is 8. The third-order valence-electron chi connectivity index (χ3n) is 5.03. The minimum absolute atomic E-state index is 0.0460. The fourth-order valence-electron chi connectivity index (χ4n) is 3.39. The van der Waals surface area contributed by atoms with E-state index in [2.05, 4.69) is 27.6 Å². The van der Waals surface area contributed by atoms with Gasteiger partial charge in [0.05, 0.1) is 11.8 Å². The molecule has 156 valence electrons. The summed E-state index contributed by atoms with van der Waals surface area (Å²) in [5, 5.41) is 12.5. The molecule has 4 aromatic rings. The van der Waals surface area contributed by atoms with Crippen LogP contribution in [-0.2, 0) is 18.3 Å². The van der Waals surface area contributed by atoms with Crippen LogP contribution in [0.25, 0.3) is 0 Å². The van der Waals surface area contributed by atoms with Gasteiger partial charge in [-0.3, -0.25) is 4.79 Å². The van der Waals surface area contributed by atoms with Crippen LogP contribution in [0, 0.1) is 0 Å². The summed E-state index contributed by atoms with van der Waals surface area (Å²) in [7, 11) is 1.94. The van der Waals surface area contributed by atoms with E-state index < -0.39 is 0 Å². The predicted molar refractivity (Wildman–Crippen MR) is 124 cm³/mol. The van der Waals surface area contributed by atoms with Crippen LogP contribution in [-0.4, -0.2) is 26.4 Å². The van der Waals surface area contributed by atoms with E-state index in [1.165, 1.54) is 17.3 Å². The van der Waals surface area contributed by atoms with Crippen LogP contribution in [0.4, 0.5) is 0 Å². The maximum absolute atomic E-state index is 12.8. The van der Waals surface area contributed by atoms with Gasteiger partial charge in [-0.25, -0.2) is 0 Å². The highest BCUT2D eigenvalue weighted by Crippen LogP contribution is 2.23. The van der Waals surface area contributed by atoms with Crippen molar-refractivity contribution in [2.75, 3.05) is 5.75 Å². The molecule has 0 atom stereocenters. The van der Waals surface area contributed by atoms with Gasteiger partial charge in [-0.1, -0.05) is 103 Å². The number of nitrogens with one attached hydrogen (secondary N) is 1. The molecule has 3 aromatic carbocycles. The molecule has 0 radical (unpaired) electrons. The van der Waals surface area contributed by atoms with E-state index in [1.807, 2.05) is 90.5 Å². The van der Waals surface area contributed by atoms with Crippen molar-refractivity contribution in [2.45, 2.75) is 17.6 Å². The van der Waals surface area contributed by atoms with Crippen LogP contribution in [0.2, 0.25) is 0 Å². The number of thioether (sulfide) groups is 1. The lowest BCUT2D eigenvalue weighted by atomic mass is 9.99. The molecule has 0 aliphatic carbocycles. The Morgan fingerprint density at radius 1 is 0.871 bits per heavy atom. The first-order chi connectivity index (χ1) is 15.2. The number of amides is 1. The summed E-state index contributed by atoms with van der Waals surface area (Å²) >= 11 is 1.40. The van der Waals surface area contributed by atoms with E-state index in [0.29, 0.717) is 6.42 Å². The van der Waals surface area contributed by atoms with Gasteiger partial charge in [-0.05, 0) is 16.7 Å². The third kappa shape index (κ3) is 5.41. The van der Waals surface area contributed by atoms with Crippen molar-refractivity contribution in [3.63, 3.8) is 0 Å². The molecule has 1 N–H and O–H groups in total. The molecular formula is C25H24N4OS. The molecule has 4 rings (SSSR count). The molecule has 0 saturated heterocycles. The Balaban J connectivity index is 1.41. The molecule has 1 amide bonds. The molecule has 1 aromatic heterocycles. The monoisotopic (exact) mass is 428 g/mol. The van der Waals surface area contributed by atoms with Gasteiger partial charge >= 0.3 is 0 Å². The highest BCUT2D eigenvalue weighted by atomic mass is 32.2. The lowest BCUT2D eigenvalue weighted by molar-refractivity contribution is -0.119.